The Hall–Kier alpha value is -0.350. The third-order valence-electron chi connectivity index (χ3n) is 0.662. The molecule has 4 heteroatoms. The summed E-state index contributed by atoms with van der Waals surface area (Å²) in [7, 11) is -2.00. The minimum absolute atomic E-state index is 0.549. The third-order valence-corrected chi connectivity index (χ3v) is 1.17. The summed E-state index contributed by atoms with van der Waals surface area (Å²) >= 11 is 0. The average molecular weight is 135 g/mol. The van der Waals surface area contributed by atoms with Crippen LogP contribution in [-0.4, -0.2) is 20.3 Å². The van der Waals surface area contributed by atoms with Crippen molar-refractivity contribution in [2.45, 2.75) is 12.8 Å². The fraction of sp³-hybridized carbons (Fsp3) is 0.750. The monoisotopic (exact) mass is 135 g/mol. The Balaban J connectivity index is 3.31. The predicted molar refractivity (Wildman–Crippen MR) is 33.3 cm³/mol. The van der Waals surface area contributed by atoms with Crippen LogP contribution in [0.1, 0.15) is 12.8 Å². The fourth-order valence-corrected chi connectivity index (χ4v) is 0.657. The van der Waals surface area contributed by atoms with E-state index in [2.05, 4.69) is 0 Å². The molecule has 8 heavy (non-hydrogen) atoms. The van der Waals surface area contributed by atoms with E-state index in [1.165, 1.54) is 5.37 Å². The van der Waals surface area contributed by atoms with Gasteiger partial charge in [-0.25, -0.2) is 0 Å². The van der Waals surface area contributed by atoms with E-state index in [0.717, 1.165) is 6.42 Å². The molecule has 0 amide bonds. The molecule has 0 aliphatic heterocycles. The minimum Gasteiger partial charge on any atom is -0.330 e. The van der Waals surface area contributed by atoms with E-state index >= 15 is 0 Å². The molecule has 0 atom stereocenters. The summed E-state index contributed by atoms with van der Waals surface area (Å²) in [5.74, 6) is 0. The highest BCUT2D eigenvalue weighted by Gasteiger charge is 1.77. The zero-order valence-corrected chi connectivity index (χ0v) is 5.32. The van der Waals surface area contributed by atoms with Crippen LogP contribution in [0.4, 0.5) is 0 Å². The van der Waals surface area contributed by atoms with Crippen molar-refractivity contribution in [3.8, 4) is 0 Å². The average Bonchev–Trinajstić information content (AvgIpc) is 1.66. The highest BCUT2D eigenvalue weighted by atomic mass is 32.2. The zero-order chi connectivity index (χ0) is 6.41. The first kappa shape index (κ1) is 7.65. The first-order valence-corrected chi connectivity index (χ1v) is 3.52. The van der Waals surface area contributed by atoms with Crippen molar-refractivity contribution in [1.82, 2.24) is 0 Å². The molecule has 0 spiro atoms. The normalized spacial score (nSPS) is 8.62. The molecule has 0 saturated carbocycles. The summed E-state index contributed by atoms with van der Waals surface area (Å²) in [6.07, 6.45) is 1.31. The van der Waals surface area contributed by atoms with Crippen LogP contribution in [0.5, 0.6) is 0 Å². The van der Waals surface area contributed by atoms with E-state index < -0.39 is 10.3 Å². The summed E-state index contributed by atoms with van der Waals surface area (Å²) in [4.78, 5) is 0. The van der Waals surface area contributed by atoms with Gasteiger partial charge < -0.3 is 5.73 Å². The zero-order valence-electron chi connectivity index (χ0n) is 4.50. The maximum absolute atomic E-state index is 9.78. The first-order valence-electron chi connectivity index (χ1n) is 2.39. The molecule has 0 radical (unpaired) electrons. The lowest BCUT2D eigenvalue weighted by atomic mass is 10.3. The molecule has 0 saturated heterocycles. The van der Waals surface area contributed by atoms with Crippen LogP contribution in [0.3, 0.4) is 0 Å². The van der Waals surface area contributed by atoms with Crippen molar-refractivity contribution in [2.75, 3.05) is 6.54 Å². The summed E-state index contributed by atoms with van der Waals surface area (Å²) in [6.45, 7) is 0.549. The second-order valence-corrected chi connectivity index (χ2v) is 2.21. The molecule has 48 valence electrons. The van der Waals surface area contributed by atoms with Crippen LogP contribution in [0.25, 0.3) is 0 Å². The first-order chi connectivity index (χ1) is 3.77. The molecule has 0 aliphatic carbocycles. The van der Waals surface area contributed by atoms with E-state index in [1.54, 1.807) is 0 Å². The predicted octanol–water partition coefficient (Wildman–Crippen LogP) is -0.593. The molecule has 0 aromatic rings. The van der Waals surface area contributed by atoms with Crippen molar-refractivity contribution >= 4 is 15.7 Å². The van der Waals surface area contributed by atoms with Crippen LogP contribution >= 0.6 is 0 Å². The molecular weight excluding hydrogens is 126 g/mol. The summed E-state index contributed by atoms with van der Waals surface area (Å²) in [5, 5.41) is 1.22. The Kier molecular flexibility index (Phi) is 4.59. The van der Waals surface area contributed by atoms with Gasteiger partial charge in [-0.15, -0.1) is 0 Å². The van der Waals surface area contributed by atoms with Gasteiger partial charge in [-0.1, -0.05) is 0 Å². The van der Waals surface area contributed by atoms with Gasteiger partial charge in [0.05, 0.1) is 0 Å². The van der Waals surface area contributed by atoms with Gasteiger partial charge in [0.1, 0.15) is 0 Å². The van der Waals surface area contributed by atoms with Crippen molar-refractivity contribution < 1.29 is 8.42 Å². The number of rotatable bonds is 3. The summed E-state index contributed by atoms with van der Waals surface area (Å²) < 4.78 is 19.6. The van der Waals surface area contributed by atoms with Crippen molar-refractivity contribution in [3.63, 3.8) is 0 Å². The summed E-state index contributed by atoms with van der Waals surface area (Å²) in [5.41, 5.74) is 5.09. The van der Waals surface area contributed by atoms with Gasteiger partial charge in [-0.05, 0) is 19.4 Å². The molecule has 0 bridgehead atoms. The molecule has 0 heterocycles. The van der Waals surface area contributed by atoms with E-state index in [0.29, 0.717) is 13.0 Å². The van der Waals surface area contributed by atoms with Gasteiger partial charge in [-0.2, -0.15) is 8.42 Å². The van der Waals surface area contributed by atoms with E-state index in [-0.39, 0.29) is 0 Å². The van der Waals surface area contributed by atoms with Gasteiger partial charge in [-0.3, -0.25) is 0 Å². The standard InChI is InChI=1S/C4H9NO2S/c5-3-1-2-4-8(6)7/h4H,1-3,5H2. The Morgan fingerprint density at radius 2 is 2.12 bits per heavy atom. The van der Waals surface area contributed by atoms with Crippen molar-refractivity contribution in [2.24, 2.45) is 5.73 Å². The molecular formula is C4H9NO2S. The number of nitrogens with two attached hydrogens (primary N) is 1. The molecule has 2 N–H and O–H groups in total. The fourth-order valence-electron chi connectivity index (χ4n) is 0.297. The Labute approximate surface area is 50.0 Å². The van der Waals surface area contributed by atoms with E-state index in [4.69, 9.17) is 5.73 Å². The number of unbranched alkanes of at least 4 members (excludes halogenated alkanes) is 1. The van der Waals surface area contributed by atoms with Crippen molar-refractivity contribution in [1.29, 1.82) is 0 Å². The number of hydrogen-bond acceptors (Lipinski definition) is 3. The molecule has 3 nitrogen and oxygen atoms in total. The second-order valence-electron chi connectivity index (χ2n) is 1.36. The Morgan fingerprint density at radius 1 is 1.50 bits per heavy atom. The minimum atomic E-state index is -2.00. The van der Waals surface area contributed by atoms with Crippen LogP contribution in [0.2, 0.25) is 0 Å². The largest absolute Gasteiger partial charge is 0.330 e. The molecule has 0 aromatic heterocycles. The maximum Gasteiger partial charge on any atom is 0.209 e. The SMILES string of the molecule is NCCCC=S(=O)=O. The molecule has 0 unspecified atom stereocenters. The molecule has 0 fully saturated rings. The van der Waals surface area contributed by atoms with Crippen LogP contribution in [0, 0.1) is 0 Å². The molecule has 0 rings (SSSR count). The van der Waals surface area contributed by atoms with Gasteiger partial charge in [0.25, 0.3) is 0 Å². The Morgan fingerprint density at radius 3 is 2.50 bits per heavy atom. The number of hydrogen-bond donors (Lipinski definition) is 1. The Bertz CT molecular complexity index is 151. The van der Waals surface area contributed by atoms with Crippen LogP contribution in [0.15, 0.2) is 0 Å². The molecule has 0 aromatic carbocycles. The van der Waals surface area contributed by atoms with Crippen molar-refractivity contribution in [3.05, 3.63) is 0 Å². The quantitative estimate of drug-likeness (QED) is 0.415. The lowest BCUT2D eigenvalue weighted by Crippen LogP contribution is -1.97. The van der Waals surface area contributed by atoms with Crippen LogP contribution < -0.4 is 5.73 Å². The van der Waals surface area contributed by atoms with E-state index in [1.807, 2.05) is 0 Å². The lowest BCUT2D eigenvalue weighted by molar-refractivity contribution is 0.627. The topological polar surface area (TPSA) is 60.2 Å². The molecule has 0 aliphatic rings. The smallest absolute Gasteiger partial charge is 0.209 e. The van der Waals surface area contributed by atoms with Gasteiger partial charge in [0, 0.05) is 5.37 Å². The van der Waals surface area contributed by atoms with E-state index in [9.17, 15) is 8.42 Å². The van der Waals surface area contributed by atoms with Crippen LogP contribution in [-0.2, 0) is 10.3 Å². The highest BCUT2D eigenvalue weighted by Crippen LogP contribution is 1.76. The third kappa shape index (κ3) is 5.65. The highest BCUT2D eigenvalue weighted by molar-refractivity contribution is 7.71. The lowest BCUT2D eigenvalue weighted by Gasteiger charge is -1.81. The maximum atomic E-state index is 9.78. The van der Waals surface area contributed by atoms with Gasteiger partial charge >= 0.3 is 0 Å². The second kappa shape index (κ2) is 4.80. The summed E-state index contributed by atoms with van der Waals surface area (Å²) in [6, 6.07) is 0. The van der Waals surface area contributed by atoms with Gasteiger partial charge in [0.15, 0.2) is 0 Å². The van der Waals surface area contributed by atoms with Gasteiger partial charge in [0.2, 0.25) is 10.3 Å².